The summed E-state index contributed by atoms with van der Waals surface area (Å²) in [5.41, 5.74) is 0.0117. The predicted octanol–water partition coefficient (Wildman–Crippen LogP) is 0.360. The van der Waals surface area contributed by atoms with Gasteiger partial charge < -0.3 is 20.1 Å². The van der Waals surface area contributed by atoms with Gasteiger partial charge in [0, 0.05) is 19.4 Å². The minimum atomic E-state index is -1.20. The third kappa shape index (κ3) is 2.98. The fourth-order valence-electron chi connectivity index (χ4n) is 3.76. The highest BCUT2D eigenvalue weighted by Crippen LogP contribution is 2.56. The fraction of sp³-hybridized carbons (Fsp3) is 0.647. The number of aliphatic hydroxyl groups is 3. The van der Waals surface area contributed by atoms with Gasteiger partial charge in [-0.25, -0.2) is 0 Å². The third-order valence-corrected chi connectivity index (χ3v) is 5.17. The van der Waals surface area contributed by atoms with Crippen molar-refractivity contribution in [3.05, 3.63) is 23.8 Å². The Morgan fingerprint density at radius 3 is 2.61 bits per heavy atom. The van der Waals surface area contributed by atoms with Gasteiger partial charge in [0.05, 0.1) is 6.10 Å². The molecule has 6 atom stereocenters. The Kier molecular flexibility index (Phi) is 4.80. The van der Waals surface area contributed by atoms with E-state index in [1.54, 1.807) is 6.92 Å². The molecule has 128 valence electrons. The first-order chi connectivity index (χ1) is 10.6. The van der Waals surface area contributed by atoms with Gasteiger partial charge in [-0.3, -0.25) is 9.59 Å². The number of carbonyl (C=O) groups excluding carboxylic acids is 2. The van der Waals surface area contributed by atoms with Crippen LogP contribution in [0.25, 0.3) is 0 Å². The highest BCUT2D eigenvalue weighted by molar-refractivity contribution is 6.01. The molecule has 0 heterocycles. The normalized spacial score (nSPS) is 43.2. The first-order valence-electron chi connectivity index (χ1n) is 7.68. The average Bonchev–Trinajstić information content (AvgIpc) is 2.49. The number of rotatable bonds is 2. The first-order valence-corrected chi connectivity index (χ1v) is 7.68. The third-order valence-electron chi connectivity index (χ3n) is 5.17. The van der Waals surface area contributed by atoms with Crippen LogP contribution in [0.3, 0.4) is 0 Å². The number of ketones is 1. The summed E-state index contributed by atoms with van der Waals surface area (Å²) in [6.07, 6.45) is -1.66. The topological polar surface area (TPSA) is 104 Å². The summed E-state index contributed by atoms with van der Waals surface area (Å²) in [6, 6.07) is 0. The summed E-state index contributed by atoms with van der Waals surface area (Å²) in [7, 11) is 0. The SMILES string of the molecule is C=C1C(=O)[C@H](OC(C)=O)/C=C(\C)[C@@H](O)[C@@H](O)[C@H]2[C@@H]1C[C@]2(C)CO. The van der Waals surface area contributed by atoms with Crippen LogP contribution in [0.4, 0.5) is 0 Å². The van der Waals surface area contributed by atoms with Gasteiger partial charge in [0.2, 0.25) is 5.78 Å². The molecule has 0 aromatic rings. The van der Waals surface area contributed by atoms with Crippen molar-refractivity contribution in [2.24, 2.45) is 17.3 Å². The van der Waals surface area contributed by atoms with Crippen molar-refractivity contribution in [2.75, 3.05) is 6.61 Å². The zero-order valence-electron chi connectivity index (χ0n) is 13.7. The molecule has 6 heteroatoms. The molecule has 0 bridgehead atoms. The van der Waals surface area contributed by atoms with E-state index >= 15 is 0 Å². The van der Waals surface area contributed by atoms with Crippen molar-refractivity contribution in [2.45, 2.75) is 45.5 Å². The lowest BCUT2D eigenvalue weighted by Gasteiger charge is -2.55. The number of carbonyl (C=O) groups is 2. The van der Waals surface area contributed by atoms with Crippen LogP contribution in [0, 0.1) is 17.3 Å². The lowest BCUT2D eigenvalue weighted by molar-refractivity contribution is -0.152. The molecule has 23 heavy (non-hydrogen) atoms. The molecule has 0 radical (unpaired) electrons. The molecule has 0 spiro atoms. The van der Waals surface area contributed by atoms with E-state index in [0.717, 1.165) is 0 Å². The number of Topliss-reactive ketones (excluding diaryl/α,β-unsaturated/α-hetero) is 1. The molecule has 2 rings (SSSR count). The average molecular weight is 324 g/mol. The second kappa shape index (κ2) is 6.19. The number of hydrogen-bond donors (Lipinski definition) is 3. The first kappa shape index (κ1) is 17.8. The zero-order valence-corrected chi connectivity index (χ0v) is 13.7. The molecule has 0 aromatic heterocycles. The number of ether oxygens (including phenoxy) is 1. The van der Waals surface area contributed by atoms with Gasteiger partial charge in [0.1, 0.15) is 6.10 Å². The molecular weight excluding hydrogens is 300 g/mol. The fourth-order valence-corrected chi connectivity index (χ4v) is 3.76. The van der Waals surface area contributed by atoms with E-state index in [-0.39, 0.29) is 18.1 Å². The molecule has 0 unspecified atom stereocenters. The van der Waals surface area contributed by atoms with E-state index in [4.69, 9.17) is 4.74 Å². The van der Waals surface area contributed by atoms with E-state index in [1.165, 1.54) is 13.0 Å². The van der Waals surface area contributed by atoms with Gasteiger partial charge >= 0.3 is 5.97 Å². The molecule has 3 N–H and O–H groups in total. The van der Waals surface area contributed by atoms with Gasteiger partial charge in [0.15, 0.2) is 6.10 Å². The number of fused-ring (bicyclic) bond motifs is 1. The summed E-state index contributed by atoms with van der Waals surface area (Å²) >= 11 is 0. The smallest absolute Gasteiger partial charge is 0.303 e. The van der Waals surface area contributed by atoms with E-state index in [1.807, 2.05) is 6.92 Å². The van der Waals surface area contributed by atoms with Crippen molar-refractivity contribution < 1.29 is 29.6 Å². The van der Waals surface area contributed by atoms with Crippen LogP contribution in [0.5, 0.6) is 0 Å². The van der Waals surface area contributed by atoms with Crippen LogP contribution in [-0.4, -0.2) is 52.0 Å². The molecule has 1 fully saturated rings. The highest BCUT2D eigenvalue weighted by Gasteiger charge is 2.57. The van der Waals surface area contributed by atoms with Crippen LogP contribution in [-0.2, 0) is 14.3 Å². The molecule has 0 saturated heterocycles. The van der Waals surface area contributed by atoms with Crippen molar-refractivity contribution in [1.82, 2.24) is 0 Å². The monoisotopic (exact) mass is 324 g/mol. The van der Waals surface area contributed by atoms with Gasteiger partial charge in [-0.2, -0.15) is 0 Å². The van der Waals surface area contributed by atoms with E-state index in [0.29, 0.717) is 12.0 Å². The molecule has 2 aliphatic carbocycles. The minimum absolute atomic E-state index is 0.157. The number of esters is 1. The molecule has 0 aliphatic heterocycles. The summed E-state index contributed by atoms with van der Waals surface area (Å²) in [5.74, 6) is -1.89. The van der Waals surface area contributed by atoms with Gasteiger partial charge in [-0.05, 0) is 41.9 Å². The lowest BCUT2D eigenvalue weighted by Crippen LogP contribution is -2.57. The maximum absolute atomic E-state index is 12.6. The molecule has 0 amide bonds. The summed E-state index contributed by atoms with van der Waals surface area (Å²) in [4.78, 5) is 23.8. The summed E-state index contributed by atoms with van der Waals surface area (Å²) in [6.45, 7) is 8.24. The van der Waals surface area contributed by atoms with Crippen molar-refractivity contribution in [3.63, 3.8) is 0 Å². The molecule has 1 saturated carbocycles. The molecular formula is C17H24O6. The Labute approximate surface area is 135 Å². The van der Waals surface area contributed by atoms with Crippen LogP contribution in [0.1, 0.15) is 27.2 Å². The highest BCUT2D eigenvalue weighted by atomic mass is 16.5. The van der Waals surface area contributed by atoms with Gasteiger partial charge in [-0.15, -0.1) is 0 Å². The van der Waals surface area contributed by atoms with Crippen LogP contribution in [0.15, 0.2) is 23.8 Å². The van der Waals surface area contributed by atoms with E-state index in [9.17, 15) is 24.9 Å². The summed E-state index contributed by atoms with van der Waals surface area (Å²) < 4.78 is 5.04. The Balaban J connectivity index is 2.44. The Morgan fingerprint density at radius 2 is 2.09 bits per heavy atom. The Hall–Kier alpha value is -1.50. The second-order valence-electron chi connectivity index (χ2n) is 6.91. The number of aliphatic hydroxyl groups excluding tert-OH is 3. The predicted molar refractivity (Wildman–Crippen MR) is 82.3 cm³/mol. The van der Waals surface area contributed by atoms with Crippen LogP contribution in [0.2, 0.25) is 0 Å². The lowest BCUT2D eigenvalue weighted by atomic mass is 9.50. The quantitative estimate of drug-likeness (QED) is 0.385. The van der Waals surface area contributed by atoms with Crippen molar-refractivity contribution >= 4 is 11.8 Å². The minimum Gasteiger partial charge on any atom is -0.450 e. The zero-order chi connectivity index (χ0) is 17.5. The van der Waals surface area contributed by atoms with E-state index in [2.05, 4.69) is 6.58 Å². The van der Waals surface area contributed by atoms with Crippen LogP contribution < -0.4 is 0 Å². The molecule has 6 nitrogen and oxygen atoms in total. The maximum atomic E-state index is 12.6. The number of hydrogen-bond acceptors (Lipinski definition) is 6. The molecule has 2 aliphatic rings. The standard InChI is InChI=1S/C17H24O6/c1-8-5-12(23-10(3)19)15(21)9(2)11-6-17(4,7-18)13(11)16(22)14(8)20/h5,11-14,16,18,20,22H,2,6-7H2,1,3-4H3/b8-5+/t11-,12-,13-,14-,16+,17-/m1/s1. The van der Waals surface area contributed by atoms with Crippen LogP contribution >= 0.6 is 0 Å². The van der Waals surface area contributed by atoms with E-state index < -0.39 is 41.4 Å². The van der Waals surface area contributed by atoms with Crippen molar-refractivity contribution in [3.8, 4) is 0 Å². The largest absolute Gasteiger partial charge is 0.450 e. The van der Waals surface area contributed by atoms with Gasteiger partial charge in [0.25, 0.3) is 0 Å². The second-order valence-corrected chi connectivity index (χ2v) is 6.91. The van der Waals surface area contributed by atoms with Crippen molar-refractivity contribution in [1.29, 1.82) is 0 Å². The molecule has 0 aromatic carbocycles. The van der Waals surface area contributed by atoms with Gasteiger partial charge in [-0.1, -0.05) is 13.5 Å². The maximum Gasteiger partial charge on any atom is 0.303 e. The Morgan fingerprint density at radius 1 is 1.48 bits per heavy atom. The summed E-state index contributed by atoms with van der Waals surface area (Å²) in [5, 5.41) is 30.5. The Bertz CT molecular complexity index is 565.